The number of nitrogens with one attached hydrogen (secondary N) is 1. The minimum absolute atomic E-state index is 0.311. The lowest BCUT2D eigenvalue weighted by Crippen LogP contribution is -2.08. The van der Waals surface area contributed by atoms with Crippen molar-refractivity contribution in [2.45, 2.75) is 6.92 Å². The first kappa shape index (κ1) is 15.9. The van der Waals surface area contributed by atoms with Gasteiger partial charge in [-0.15, -0.1) is 0 Å². The lowest BCUT2D eigenvalue weighted by molar-refractivity contribution is 0.0527. The lowest BCUT2D eigenvalue weighted by Gasteiger charge is -2.13. The van der Waals surface area contributed by atoms with Crippen molar-refractivity contribution in [1.82, 2.24) is 0 Å². The number of halogens is 2. The number of rotatable bonds is 4. The van der Waals surface area contributed by atoms with E-state index in [1.165, 1.54) is 0 Å². The van der Waals surface area contributed by atoms with Gasteiger partial charge in [-0.3, -0.25) is 0 Å². The summed E-state index contributed by atoms with van der Waals surface area (Å²) < 4.78 is 6.81. The van der Waals surface area contributed by atoms with E-state index >= 15 is 0 Å². The second kappa shape index (κ2) is 6.95. The Morgan fingerprint density at radius 2 is 1.90 bits per heavy atom. The van der Waals surface area contributed by atoms with Crippen LogP contribution in [-0.2, 0) is 4.74 Å². The first-order valence-corrected chi connectivity index (χ1v) is 7.89. The Labute approximate surface area is 139 Å². The number of esters is 1. The summed E-state index contributed by atoms with van der Waals surface area (Å²) in [5.74, 6) is -0.426. The van der Waals surface area contributed by atoms with Crippen LogP contribution in [0.3, 0.4) is 0 Å². The number of para-hydroxylation sites is 1. The van der Waals surface area contributed by atoms with E-state index in [-0.39, 0.29) is 0 Å². The topological polar surface area (TPSA) is 64.3 Å². The van der Waals surface area contributed by atoms with Crippen molar-refractivity contribution < 1.29 is 9.53 Å². The predicted octanol–water partition coefficient (Wildman–Crippen LogP) is 4.71. The quantitative estimate of drug-likeness (QED) is 0.562. The fraction of sp³-hybridized carbons (Fsp3) is 0.133. The number of carbonyl (C=O) groups excluding carboxylic acids is 1. The van der Waals surface area contributed by atoms with Gasteiger partial charge in [0.1, 0.15) is 0 Å². The highest BCUT2D eigenvalue weighted by atomic mass is 79.9. The number of hydrogen-bond acceptors (Lipinski definition) is 4. The van der Waals surface area contributed by atoms with Crippen molar-refractivity contribution in [1.29, 1.82) is 0 Å². The molecule has 0 radical (unpaired) electrons. The molecule has 2 aromatic carbocycles. The zero-order valence-corrected chi connectivity index (χ0v) is 14.5. The van der Waals surface area contributed by atoms with Crippen LogP contribution < -0.4 is 11.1 Å². The van der Waals surface area contributed by atoms with Crippen LogP contribution in [0.15, 0.2) is 45.3 Å². The molecule has 0 heterocycles. The summed E-state index contributed by atoms with van der Waals surface area (Å²) in [6, 6.07) is 10.9. The highest BCUT2D eigenvalue weighted by Crippen LogP contribution is 2.33. The van der Waals surface area contributed by atoms with E-state index in [9.17, 15) is 4.79 Å². The molecular formula is C15H14Br2N2O2. The lowest BCUT2D eigenvalue weighted by atomic mass is 10.1. The molecule has 0 fully saturated rings. The van der Waals surface area contributed by atoms with Gasteiger partial charge in [0.05, 0.1) is 17.9 Å². The standard InChI is InChI=1S/C15H14Br2N2O2/c1-2-21-15(20)10-8-9(6-7-13(10)18)19-14-11(16)4-3-5-12(14)17/h3-8,19H,2,18H2,1H3. The zero-order chi connectivity index (χ0) is 15.4. The van der Waals surface area contributed by atoms with Crippen LogP contribution in [0.5, 0.6) is 0 Å². The number of ether oxygens (including phenoxy) is 1. The summed E-state index contributed by atoms with van der Waals surface area (Å²) in [5.41, 5.74) is 8.19. The fourth-order valence-electron chi connectivity index (χ4n) is 1.78. The number of nitrogens with two attached hydrogens (primary N) is 1. The maximum atomic E-state index is 11.9. The van der Waals surface area contributed by atoms with E-state index in [2.05, 4.69) is 37.2 Å². The molecule has 0 bridgehead atoms. The van der Waals surface area contributed by atoms with Gasteiger partial charge in [-0.1, -0.05) is 6.07 Å². The van der Waals surface area contributed by atoms with Crippen LogP contribution in [0.2, 0.25) is 0 Å². The summed E-state index contributed by atoms with van der Waals surface area (Å²) >= 11 is 6.97. The summed E-state index contributed by atoms with van der Waals surface area (Å²) in [5, 5.41) is 3.25. The van der Waals surface area contributed by atoms with E-state index in [0.29, 0.717) is 17.9 Å². The van der Waals surface area contributed by atoms with Gasteiger partial charge >= 0.3 is 5.97 Å². The van der Waals surface area contributed by atoms with E-state index in [1.54, 1.807) is 19.1 Å². The minimum Gasteiger partial charge on any atom is -0.462 e. The van der Waals surface area contributed by atoms with Gasteiger partial charge in [-0.05, 0) is 69.1 Å². The second-order valence-corrected chi connectivity index (χ2v) is 5.95. The van der Waals surface area contributed by atoms with E-state index in [0.717, 1.165) is 20.3 Å². The summed E-state index contributed by atoms with van der Waals surface area (Å²) in [6.45, 7) is 2.07. The van der Waals surface area contributed by atoms with Crippen molar-refractivity contribution in [3.05, 3.63) is 50.9 Å². The molecule has 2 aromatic rings. The molecule has 0 atom stereocenters. The number of anilines is 3. The average Bonchev–Trinajstić information content (AvgIpc) is 2.45. The predicted molar refractivity (Wildman–Crippen MR) is 91.9 cm³/mol. The number of benzene rings is 2. The summed E-state index contributed by atoms with van der Waals surface area (Å²) in [4.78, 5) is 11.9. The Morgan fingerprint density at radius 1 is 1.24 bits per heavy atom. The molecule has 0 saturated carbocycles. The third-order valence-electron chi connectivity index (χ3n) is 2.78. The average molecular weight is 414 g/mol. The van der Waals surface area contributed by atoms with Gasteiger partial charge in [-0.2, -0.15) is 0 Å². The summed E-state index contributed by atoms with van der Waals surface area (Å²) in [6.07, 6.45) is 0. The minimum atomic E-state index is -0.426. The molecule has 0 aliphatic rings. The highest BCUT2D eigenvalue weighted by molar-refractivity contribution is 9.11. The van der Waals surface area contributed by atoms with Crippen molar-refractivity contribution in [2.24, 2.45) is 0 Å². The molecule has 0 spiro atoms. The Balaban J connectivity index is 2.33. The zero-order valence-electron chi connectivity index (χ0n) is 11.3. The molecule has 2 rings (SSSR count). The largest absolute Gasteiger partial charge is 0.462 e. The second-order valence-electron chi connectivity index (χ2n) is 4.24. The number of nitrogen functional groups attached to an aromatic ring is 1. The molecule has 4 nitrogen and oxygen atoms in total. The smallest absolute Gasteiger partial charge is 0.340 e. The van der Waals surface area contributed by atoms with Crippen molar-refractivity contribution in [3.63, 3.8) is 0 Å². The van der Waals surface area contributed by atoms with Crippen molar-refractivity contribution in [2.75, 3.05) is 17.7 Å². The van der Waals surface area contributed by atoms with Crippen LogP contribution in [0.4, 0.5) is 17.1 Å². The van der Waals surface area contributed by atoms with Crippen LogP contribution in [0.1, 0.15) is 17.3 Å². The monoisotopic (exact) mass is 412 g/mol. The van der Waals surface area contributed by atoms with E-state index in [4.69, 9.17) is 10.5 Å². The van der Waals surface area contributed by atoms with Crippen LogP contribution >= 0.6 is 31.9 Å². The molecule has 0 saturated heterocycles. The third-order valence-corrected chi connectivity index (χ3v) is 4.10. The Morgan fingerprint density at radius 3 is 2.52 bits per heavy atom. The van der Waals surface area contributed by atoms with Crippen LogP contribution in [0, 0.1) is 0 Å². The van der Waals surface area contributed by atoms with Gasteiger partial charge < -0.3 is 15.8 Å². The first-order valence-electron chi connectivity index (χ1n) is 6.30. The van der Waals surface area contributed by atoms with Crippen LogP contribution in [0.25, 0.3) is 0 Å². The van der Waals surface area contributed by atoms with Crippen LogP contribution in [-0.4, -0.2) is 12.6 Å². The number of carbonyl (C=O) groups is 1. The molecule has 0 unspecified atom stereocenters. The maximum absolute atomic E-state index is 11.9. The molecule has 0 aliphatic heterocycles. The van der Waals surface area contributed by atoms with Crippen molar-refractivity contribution in [3.8, 4) is 0 Å². The van der Waals surface area contributed by atoms with Crippen molar-refractivity contribution >= 4 is 54.9 Å². The molecular weight excluding hydrogens is 400 g/mol. The van der Waals surface area contributed by atoms with Gasteiger partial charge in [-0.25, -0.2) is 4.79 Å². The van der Waals surface area contributed by atoms with Gasteiger partial charge in [0.2, 0.25) is 0 Å². The molecule has 110 valence electrons. The van der Waals surface area contributed by atoms with Gasteiger partial charge in [0.15, 0.2) is 0 Å². The Kier molecular flexibility index (Phi) is 5.25. The van der Waals surface area contributed by atoms with E-state index in [1.807, 2.05) is 24.3 Å². The fourth-order valence-corrected chi connectivity index (χ4v) is 2.98. The molecule has 0 aromatic heterocycles. The molecule has 0 amide bonds. The molecule has 3 N–H and O–H groups in total. The Hall–Kier alpha value is -1.53. The van der Waals surface area contributed by atoms with E-state index < -0.39 is 5.97 Å². The Bertz CT molecular complexity index is 654. The SMILES string of the molecule is CCOC(=O)c1cc(Nc2c(Br)cccc2Br)ccc1N. The van der Waals surface area contributed by atoms with Gasteiger partial charge in [0.25, 0.3) is 0 Å². The summed E-state index contributed by atoms with van der Waals surface area (Å²) in [7, 11) is 0. The first-order chi connectivity index (χ1) is 10.0. The molecule has 6 heteroatoms. The third kappa shape index (κ3) is 3.77. The molecule has 21 heavy (non-hydrogen) atoms. The maximum Gasteiger partial charge on any atom is 0.340 e. The van der Waals surface area contributed by atoms with Gasteiger partial charge in [0, 0.05) is 20.3 Å². The molecule has 0 aliphatic carbocycles. The normalized spacial score (nSPS) is 10.2. The number of hydrogen-bond donors (Lipinski definition) is 2. The highest BCUT2D eigenvalue weighted by Gasteiger charge is 2.12.